The van der Waals surface area contributed by atoms with Crippen LogP contribution in [0.15, 0.2) is 48.7 Å². The van der Waals surface area contributed by atoms with Crippen molar-refractivity contribution in [2.24, 2.45) is 0 Å². The highest BCUT2D eigenvalue weighted by molar-refractivity contribution is 6.30. The maximum absolute atomic E-state index is 13.4. The zero-order valence-corrected chi connectivity index (χ0v) is 11.1. The molecule has 2 aromatic carbocycles. The van der Waals surface area contributed by atoms with E-state index in [4.69, 9.17) is 22.1 Å². The van der Waals surface area contributed by atoms with Crippen LogP contribution >= 0.6 is 11.6 Å². The Balaban J connectivity index is 2.02. The van der Waals surface area contributed by atoms with E-state index in [0.717, 1.165) is 10.9 Å². The van der Waals surface area contributed by atoms with Crippen molar-refractivity contribution >= 4 is 28.2 Å². The van der Waals surface area contributed by atoms with Crippen LogP contribution in [-0.2, 0) is 0 Å². The zero-order valence-electron chi connectivity index (χ0n) is 10.3. The standard InChI is InChI=1S/C15H10ClFN2O/c16-11-4-3-9(8-12(11)17)20-14-6-5-13-10(15(14)18)2-1-7-19-13/h1-8H,18H2. The average Bonchev–Trinajstić information content (AvgIpc) is 2.46. The van der Waals surface area contributed by atoms with Gasteiger partial charge in [0.2, 0.25) is 0 Å². The van der Waals surface area contributed by atoms with Gasteiger partial charge in [-0.25, -0.2) is 4.39 Å². The summed E-state index contributed by atoms with van der Waals surface area (Å²) in [6, 6.07) is 11.4. The zero-order chi connectivity index (χ0) is 14.1. The smallest absolute Gasteiger partial charge is 0.151 e. The lowest BCUT2D eigenvalue weighted by Crippen LogP contribution is -1.94. The minimum absolute atomic E-state index is 0.0491. The molecule has 0 atom stereocenters. The third-order valence-electron chi connectivity index (χ3n) is 2.91. The molecule has 3 rings (SSSR count). The Morgan fingerprint density at radius 2 is 2.00 bits per heavy atom. The van der Waals surface area contributed by atoms with Crippen LogP contribution < -0.4 is 10.5 Å². The largest absolute Gasteiger partial charge is 0.455 e. The second-order valence-electron chi connectivity index (χ2n) is 4.23. The van der Waals surface area contributed by atoms with Gasteiger partial charge in [0.05, 0.1) is 16.2 Å². The molecule has 0 amide bonds. The number of aromatic nitrogens is 1. The lowest BCUT2D eigenvalue weighted by atomic mass is 10.1. The molecule has 0 spiro atoms. The SMILES string of the molecule is Nc1c(Oc2ccc(Cl)c(F)c2)ccc2ncccc12. The summed E-state index contributed by atoms with van der Waals surface area (Å²) >= 11 is 5.63. The predicted molar refractivity (Wildman–Crippen MR) is 77.6 cm³/mol. The van der Waals surface area contributed by atoms with Crippen molar-refractivity contribution in [1.82, 2.24) is 4.98 Å². The van der Waals surface area contributed by atoms with E-state index in [-0.39, 0.29) is 5.02 Å². The van der Waals surface area contributed by atoms with Crippen LogP contribution in [0.4, 0.5) is 10.1 Å². The monoisotopic (exact) mass is 288 g/mol. The van der Waals surface area contributed by atoms with Crippen LogP contribution in [0, 0.1) is 5.82 Å². The van der Waals surface area contributed by atoms with Gasteiger partial charge >= 0.3 is 0 Å². The van der Waals surface area contributed by atoms with Gasteiger partial charge in [0.1, 0.15) is 11.6 Å². The Labute approximate surface area is 119 Å². The third-order valence-corrected chi connectivity index (χ3v) is 3.21. The van der Waals surface area contributed by atoms with Gasteiger partial charge in [0.15, 0.2) is 5.75 Å². The van der Waals surface area contributed by atoms with Crippen molar-refractivity contribution < 1.29 is 9.13 Å². The average molecular weight is 289 g/mol. The molecule has 5 heteroatoms. The van der Waals surface area contributed by atoms with E-state index in [1.807, 2.05) is 6.07 Å². The normalized spacial score (nSPS) is 10.7. The highest BCUT2D eigenvalue weighted by Gasteiger charge is 2.08. The quantitative estimate of drug-likeness (QED) is 0.711. The van der Waals surface area contributed by atoms with Crippen molar-refractivity contribution in [3.63, 3.8) is 0 Å². The number of rotatable bonds is 2. The predicted octanol–water partition coefficient (Wildman–Crippen LogP) is 4.40. The second-order valence-corrected chi connectivity index (χ2v) is 4.63. The summed E-state index contributed by atoms with van der Waals surface area (Å²) in [5, 5.41) is 0.840. The fraction of sp³-hybridized carbons (Fsp3) is 0. The van der Waals surface area contributed by atoms with Crippen LogP contribution in [0.1, 0.15) is 0 Å². The molecule has 100 valence electrons. The summed E-state index contributed by atoms with van der Waals surface area (Å²) in [6.07, 6.45) is 1.69. The van der Waals surface area contributed by atoms with E-state index in [1.165, 1.54) is 12.1 Å². The van der Waals surface area contributed by atoms with Gasteiger partial charge in [-0.1, -0.05) is 11.6 Å². The Kier molecular flexibility index (Phi) is 3.16. The van der Waals surface area contributed by atoms with E-state index < -0.39 is 5.82 Å². The maximum atomic E-state index is 13.4. The number of nitrogen functional groups attached to an aromatic ring is 1. The molecule has 1 heterocycles. The minimum atomic E-state index is -0.537. The second kappa shape index (κ2) is 4.98. The molecule has 0 aliphatic rings. The Bertz CT molecular complexity index is 792. The lowest BCUT2D eigenvalue weighted by Gasteiger charge is -2.10. The van der Waals surface area contributed by atoms with Gasteiger partial charge in [0.25, 0.3) is 0 Å². The van der Waals surface area contributed by atoms with Gasteiger partial charge in [-0.15, -0.1) is 0 Å². The van der Waals surface area contributed by atoms with Gasteiger partial charge in [0, 0.05) is 17.6 Å². The van der Waals surface area contributed by atoms with Gasteiger partial charge < -0.3 is 10.5 Å². The van der Waals surface area contributed by atoms with Gasteiger partial charge in [-0.3, -0.25) is 4.98 Å². The number of nitrogens with two attached hydrogens (primary N) is 1. The van der Waals surface area contributed by atoms with Crippen LogP contribution in [0.3, 0.4) is 0 Å². The van der Waals surface area contributed by atoms with Crippen molar-refractivity contribution in [1.29, 1.82) is 0 Å². The number of fused-ring (bicyclic) bond motifs is 1. The molecule has 0 bridgehead atoms. The number of hydrogen-bond donors (Lipinski definition) is 1. The summed E-state index contributed by atoms with van der Waals surface area (Å²) < 4.78 is 19.0. The number of benzene rings is 2. The Morgan fingerprint density at radius 1 is 1.15 bits per heavy atom. The van der Waals surface area contributed by atoms with Crippen molar-refractivity contribution in [2.45, 2.75) is 0 Å². The maximum Gasteiger partial charge on any atom is 0.151 e. The molecule has 0 unspecified atom stereocenters. The van der Waals surface area contributed by atoms with E-state index in [2.05, 4.69) is 4.98 Å². The highest BCUT2D eigenvalue weighted by Crippen LogP contribution is 2.33. The molecular weight excluding hydrogens is 279 g/mol. The van der Waals surface area contributed by atoms with E-state index >= 15 is 0 Å². The van der Waals surface area contributed by atoms with Crippen molar-refractivity contribution in [3.05, 3.63) is 59.5 Å². The summed E-state index contributed by atoms with van der Waals surface area (Å²) in [6.45, 7) is 0. The number of pyridine rings is 1. The van der Waals surface area contributed by atoms with Crippen LogP contribution in [-0.4, -0.2) is 4.98 Å². The fourth-order valence-electron chi connectivity index (χ4n) is 1.91. The van der Waals surface area contributed by atoms with Crippen molar-refractivity contribution in [3.8, 4) is 11.5 Å². The number of anilines is 1. The Morgan fingerprint density at radius 3 is 2.80 bits per heavy atom. The third kappa shape index (κ3) is 2.26. The van der Waals surface area contributed by atoms with Crippen LogP contribution in [0.2, 0.25) is 5.02 Å². The molecule has 3 aromatic rings. The number of ether oxygens (including phenoxy) is 1. The molecule has 20 heavy (non-hydrogen) atoms. The first-order valence-electron chi connectivity index (χ1n) is 5.91. The number of nitrogens with zero attached hydrogens (tertiary/aromatic N) is 1. The fourth-order valence-corrected chi connectivity index (χ4v) is 2.03. The number of halogens is 2. The molecule has 2 N–H and O–H groups in total. The first kappa shape index (κ1) is 12.7. The van der Waals surface area contributed by atoms with Crippen molar-refractivity contribution in [2.75, 3.05) is 5.73 Å². The van der Waals surface area contributed by atoms with Crippen LogP contribution in [0.5, 0.6) is 11.5 Å². The molecule has 3 nitrogen and oxygen atoms in total. The minimum Gasteiger partial charge on any atom is -0.455 e. The summed E-state index contributed by atoms with van der Waals surface area (Å²) in [5.41, 5.74) is 7.29. The van der Waals surface area contributed by atoms with Crippen LogP contribution in [0.25, 0.3) is 10.9 Å². The summed E-state index contributed by atoms with van der Waals surface area (Å²) in [7, 11) is 0. The Hall–Kier alpha value is -2.33. The van der Waals surface area contributed by atoms with Gasteiger partial charge in [-0.2, -0.15) is 0 Å². The van der Waals surface area contributed by atoms with E-state index in [9.17, 15) is 4.39 Å². The molecule has 0 fully saturated rings. The molecular formula is C15H10ClFN2O. The summed E-state index contributed by atoms with van der Waals surface area (Å²) in [5.74, 6) is 0.249. The van der Waals surface area contributed by atoms with E-state index in [0.29, 0.717) is 17.2 Å². The topological polar surface area (TPSA) is 48.1 Å². The molecule has 0 radical (unpaired) electrons. The molecule has 0 saturated heterocycles. The molecule has 0 aliphatic carbocycles. The molecule has 0 aliphatic heterocycles. The van der Waals surface area contributed by atoms with Gasteiger partial charge in [-0.05, 0) is 36.4 Å². The number of hydrogen-bond acceptors (Lipinski definition) is 3. The van der Waals surface area contributed by atoms with E-state index in [1.54, 1.807) is 30.5 Å². The summed E-state index contributed by atoms with van der Waals surface area (Å²) in [4.78, 5) is 4.20. The molecule has 0 saturated carbocycles. The highest BCUT2D eigenvalue weighted by atomic mass is 35.5. The molecule has 1 aromatic heterocycles. The lowest BCUT2D eigenvalue weighted by molar-refractivity contribution is 0.479. The first-order chi connectivity index (χ1) is 9.65. The first-order valence-corrected chi connectivity index (χ1v) is 6.29.